The molecule has 0 aromatic heterocycles. The molecule has 0 aliphatic rings. The molecule has 0 atom stereocenters. The number of nitrogens with zero attached hydrogens (tertiary/aromatic N) is 1. The lowest BCUT2D eigenvalue weighted by Gasteiger charge is -2.24. The molecule has 19 heavy (non-hydrogen) atoms. The Kier molecular flexibility index (Phi) is 5.33. The van der Waals surface area contributed by atoms with Gasteiger partial charge < -0.3 is 10.6 Å². The fraction of sp³-hybridized carbons (Fsp3) is 0.533. The summed E-state index contributed by atoms with van der Waals surface area (Å²) in [5, 5.41) is 7.50. The second kappa shape index (κ2) is 6.55. The van der Waals surface area contributed by atoms with Crippen molar-refractivity contribution in [3.05, 3.63) is 30.1 Å². The summed E-state index contributed by atoms with van der Waals surface area (Å²) in [6.45, 7) is 4.91. The maximum atomic E-state index is 12.8. The molecule has 0 spiro atoms. The molecule has 0 unspecified atom stereocenters. The van der Waals surface area contributed by atoms with Crippen LogP contribution in [0.4, 0.5) is 10.1 Å². The highest BCUT2D eigenvalue weighted by molar-refractivity contribution is 5.82. The third-order valence-corrected chi connectivity index (χ3v) is 3.54. The third kappa shape index (κ3) is 4.89. The van der Waals surface area contributed by atoms with Crippen molar-refractivity contribution >= 4 is 11.5 Å². The summed E-state index contributed by atoms with van der Waals surface area (Å²) in [7, 11) is 2.00. The summed E-state index contributed by atoms with van der Waals surface area (Å²) >= 11 is 0. The molecule has 3 N–H and O–H groups in total. The maximum absolute atomic E-state index is 12.8. The Labute approximate surface area is 115 Å². The van der Waals surface area contributed by atoms with Gasteiger partial charge in [0.25, 0.3) is 0 Å². The molecule has 106 valence electrons. The largest absolute Gasteiger partial charge is 0.387 e. The quantitative estimate of drug-likeness (QED) is 0.451. The molecule has 0 fully saturated rings. The number of amidine groups is 1. The predicted octanol–water partition coefficient (Wildman–Crippen LogP) is 3.39. The van der Waals surface area contributed by atoms with E-state index in [1.807, 2.05) is 20.9 Å². The normalized spacial score (nSPS) is 11.4. The van der Waals surface area contributed by atoms with Gasteiger partial charge in [-0.1, -0.05) is 20.3 Å². The second-order valence-corrected chi connectivity index (χ2v) is 5.65. The highest BCUT2D eigenvalue weighted by Crippen LogP contribution is 2.23. The first-order valence-corrected chi connectivity index (χ1v) is 6.64. The van der Waals surface area contributed by atoms with E-state index < -0.39 is 0 Å². The van der Waals surface area contributed by atoms with E-state index in [1.165, 1.54) is 12.1 Å². The first kappa shape index (κ1) is 15.5. The van der Waals surface area contributed by atoms with Crippen molar-refractivity contribution in [2.45, 2.75) is 33.1 Å². The molecule has 0 aliphatic heterocycles. The van der Waals surface area contributed by atoms with Crippen LogP contribution in [-0.2, 0) is 0 Å². The van der Waals surface area contributed by atoms with E-state index in [-0.39, 0.29) is 17.1 Å². The lowest BCUT2D eigenvalue weighted by Crippen LogP contribution is -2.31. The molecule has 4 heteroatoms. The van der Waals surface area contributed by atoms with E-state index in [9.17, 15) is 4.39 Å². The molecule has 0 saturated carbocycles. The molecule has 1 aromatic rings. The van der Waals surface area contributed by atoms with Crippen molar-refractivity contribution in [3.8, 4) is 0 Å². The number of nitrogens with two attached hydrogens (primary N) is 1. The summed E-state index contributed by atoms with van der Waals surface area (Å²) in [5.74, 6) is 0.0414. The van der Waals surface area contributed by atoms with Gasteiger partial charge in [0.2, 0.25) is 0 Å². The Morgan fingerprint density at radius 1 is 1.26 bits per heavy atom. The number of halogens is 1. The molecule has 0 saturated heterocycles. The molecule has 1 rings (SSSR count). The number of rotatable bonds is 7. The number of unbranched alkanes of at least 4 members (excludes halogenated alkanes) is 1. The third-order valence-electron chi connectivity index (χ3n) is 3.54. The monoisotopic (exact) mass is 265 g/mol. The van der Waals surface area contributed by atoms with Crippen LogP contribution in [-0.4, -0.2) is 19.4 Å². The minimum atomic E-state index is -0.214. The standard InChI is InChI=1S/C15H24FN3/c1-15(2,14(17)18)10-4-5-11-19(3)13-8-6-12(16)7-9-13/h6-9H,4-5,10-11H2,1-3H3,(H3,17,18). The van der Waals surface area contributed by atoms with Gasteiger partial charge in [-0.2, -0.15) is 0 Å². The van der Waals surface area contributed by atoms with E-state index in [4.69, 9.17) is 11.1 Å². The number of benzene rings is 1. The van der Waals surface area contributed by atoms with Crippen molar-refractivity contribution in [1.29, 1.82) is 5.41 Å². The minimum Gasteiger partial charge on any atom is -0.387 e. The Hall–Kier alpha value is -1.58. The number of hydrogen-bond acceptors (Lipinski definition) is 2. The van der Waals surface area contributed by atoms with Gasteiger partial charge in [0.15, 0.2) is 0 Å². The van der Waals surface area contributed by atoms with Crippen molar-refractivity contribution < 1.29 is 4.39 Å². The van der Waals surface area contributed by atoms with E-state index in [0.29, 0.717) is 0 Å². The predicted molar refractivity (Wildman–Crippen MR) is 79.2 cm³/mol. The van der Waals surface area contributed by atoms with Gasteiger partial charge in [0.1, 0.15) is 5.82 Å². The van der Waals surface area contributed by atoms with Crippen LogP contribution < -0.4 is 10.6 Å². The van der Waals surface area contributed by atoms with Crippen LogP contribution in [0.5, 0.6) is 0 Å². The van der Waals surface area contributed by atoms with E-state index >= 15 is 0 Å². The van der Waals surface area contributed by atoms with Gasteiger partial charge in [-0.05, 0) is 37.1 Å². The first-order valence-electron chi connectivity index (χ1n) is 6.64. The van der Waals surface area contributed by atoms with Gasteiger partial charge in [-0.25, -0.2) is 4.39 Å². The number of nitrogens with one attached hydrogen (secondary N) is 1. The van der Waals surface area contributed by atoms with Crippen LogP contribution in [0, 0.1) is 16.6 Å². The molecule has 3 nitrogen and oxygen atoms in total. The lowest BCUT2D eigenvalue weighted by atomic mass is 9.86. The summed E-state index contributed by atoms with van der Waals surface area (Å²) < 4.78 is 12.8. The number of hydrogen-bond donors (Lipinski definition) is 2. The molecule has 0 bridgehead atoms. The lowest BCUT2D eigenvalue weighted by molar-refractivity contribution is 0.442. The zero-order valence-electron chi connectivity index (χ0n) is 12.0. The Balaban J connectivity index is 2.33. The smallest absolute Gasteiger partial charge is 0.123 e. The fourth-order valence-electron chi connectivity index (χ4n) is 1.88. The van der Waals surface area contributed by atoms with Crippen LogP contribution in [0.3, 0.4) is 0 Å². The summed E-state index contributed by atoms with van der Waals surface area (Å²) in [5.41, 5.74) is 6.36. The molecule has 0 radical (unpaired) electrons. The Bertz CT molecular complexity index is 412. The van der Waals surface area contributed by atoms with Gasteiger partial charge in [0, 0.05) is 24.7 Å². The zero-order valence-corrected chi connectivity index (χ0v) is 12.0. The zero-order chi connectivity index (χ0) is 14.5. The van der Waals surface area contributed by atoms with Gasteiger partial charge in [0.05, 0.1) is 5.84 Å². The molecular formula is C15H24FN3. The van der Waals surface area contributed by atoms with E-state index in [2.05, 4.69) is 4.90 Å². The Morgan fingerprint density at radius 3 is 2.37 bits per heavy atom. The van der Waals surface area contributed by atoms with E-state index in [1.54, 1.807) is 12.1 Å². The number of anilines is 1. The molecule has 0 aliphatic carbocycles. The topological polar surface area (TPSA) is 53.1 Å². The summed E-state index contributed by atoms with van der Waals surface area (Å²) in [6.07, 6.45) is 2.97. The van der Waals surface area contributed by atoms with Crippen molar-refractivity contribution in [3.63, 3.8) is 0 Å². The van der Waals surface area contributed by atoms with E-state index in [0.717, 1.165) is 31.5 Å². The van der Waals surface area contributed by atoms with Crippen LogP contribution in [0.1, 0.15) is 33.1 Å². The molecule has 1 aromatic carbocycles. The molecule has 0 amide bonds. The average molecular weight is 265 g/mol. The SMILES string of the molecule is CN(CCCCC(C)(C)C(=N)N)c1ccc(F)cc1. The fourth-order valence-corrected chi connectivity index (χ4v) is 1.88. The van der Waals surface area contributed by atoms with Gasteiger partial charge in [-0.3, -0.25) is 5.41 Å². The maximum Gasteiger partial charge on any atom is 0.123 e. The van der Waals surface area contributed by atoms with Crippen LogP contribution >= 0.6 is 0 Å². The second-order valence-electron chi connectivity index (χ2n) is 5.65. The summed E-state index contributed by atoms with van der Waals surface area (Å²) in [6, 6.07) is 6.53. The van der Waals surface area contributed by atoms with Crippen molar-refractivity contribution in [1.82, 2.24) is 0 Å². The molecule has 0 heterocycles. The molecular weight excluding hydrogens is 241 g/mol. The van der Waals surface area contributed by atoms with Crippen molar-refractivity contribution in [2.75, 3.05) is 18.5 Å². The first-order chi connectivity index (χ1) is 8.83. The average Bonchev–Trinajstić information content (AvgIpc) is 2.35. The Morgan fingerprint density at radius 2 is 1.84 bits per heavy atom. The minimum absolute atomic E-state index is 0.208. The van der Waals surface area contributed by atoms with Gasteiger partial charge >= 0.3 is 0 Å². The van der Waals surface area contributed by atoms with Crippen LogP contribution in [0.2, 0.25) is 0 Å². The highest BCUT2D eigenvalue weighted by atomic mass is 19.1. The van der Waals surface area contributed by atoms with Crippen LogP contribution in [0.25, 0.3) is 0 Å². The van der Waals surface area contributed by atoms with Gasteiger partial charge in [-0.15, -0.1) is 0 Å². The highest BCUT2D eigenvalue weighted by Gasteiger charge is 2.20. The summed E-state index contributed by atoms with van der Waals surface area (Å²) in [4.78, 5) is 2.11. The van der Waals surface area contributed by atoms with Crippen LogP contribution in [0.15, 0.2) is 24.3 Å². The van der Waals surface area contributed by atoms with Crippen molar-refractivity contribution in [2.24, 2.45) is 11.1 Å².